The van der Waals surface area contributed by atoms with Gasteiger partial charge in [-0.25, -0.2) is 9.67 Å². The molecule has 0 aliphatic heterocycles. The Balaban J connectivity index is 2.18. The van der Waals surface area contributed by atoms with E-state index in [-0.39, 0.29) is 5.91 Å². The van der Waals surface area contributed by atoms with Gasteiger partial charge in [-0.1, -0.05) is 29.8 Å². The maximum Gasteiger partial charge on any atom is 0.224 e. The van der Waals surface area contributed by atoms with Gasteiger partial charge in [0.25, 0.3) is 0 Å². The van der Waals surface area contributed by atoms with E-state index in [4.69, 9.17) is 0 Å². The molecule has 106 valence electrons. The summed E-state index contributed by atoms with van der Waals surface area (Å²) < 4.78 is 2.53. The van der Waals surface area contributed by atoms with Crippen molar-refractivity contribution in [2.45, 2.75) is 26.7 Å². The smallest absolute Gasteiger partial charge is 0.224 e. The van der Waals surface area contributed by atoms with Crippen LogP contribution in [0.3, 0.4) is 0 Å². The first-order valence-corrected chi connectivity index (χ1v) is 7.30. The molecule has 0 radical (unpaired) electrons. The van der Waals surface area contributed by atoms with Crippen molar-refractivity contribution in [3.63, 3.8) is 0 Å². The van der Waals surface area contributed by atoms with Gasteiger partial charge in [0.1, 0.15) is 12.7 Å². The normalized spacial score (nSPS) is 10.8. The third-order valence-corrected chi connectivity index (χ3v) is 3.34. The average Bonchev–Trinajstić information content (AvgIpc) is 2.90. The van der Waals surface area contributed by atoms with Gasteiger partial charge in [0.15, 0.2) is 0 Å². The number of anilines is 1. The Morgan fingerprint density at radius 3 is 2.90 bits per heavy atom. The third kappa shape index (κ3) is 3.90. The molecule has 0 saturated carbocycles. The van der Waals surface area contributed by atoms with Gasteiger partial charge in [0.05, 0.1) is 11.4 Å². The van der Waals surface area contributed by atoms with Crippen molar-refractivity contribution in [3.8, 4) is 5.69 Å². The van der Waals surface area contributed by atoms with Crippen LogP contribution in [0.1, 0.15) is 26.7 Å². The Labute approximate surface area is 126 Å². The topological polar surface area (TPSA) is 59.8 Å². The van der Waals surface area contributed by atoms with E-state index in [9.17, 15) is 4.79 Å². The molecular weight excluding hydrogens is 320 g/mol. The largest absolute Gasteiger partial charge is 0.324 e. The summed E-state index contributed by atoms with van der Waals surface area (Å²) in [7, 11) is 0. The second-order valence-corrected chi connectivity index (χ2v) is 5.90. The van der Waals surface area contributed by atoms with Crippen LogP contribution >= 0.6 is 15.9 Å². The van der Waals surface area contributed by atoms with E-state index in [0.717, 1.165) is 22.3 Å². The molecule has 0 aliphatic carbocycles. The number of carbonyl (C=O) groups excluding carboxylic acids is 1. The van der Waals surface area contributed by atoms with Crippen LogP contribution in [-0.4, -0.2) is 20.7 Å². The third-order valence-electron chi connectivity index (χ3n) is 2.85. The van der Waals surface area contributed by atoms with Gasteiger partial charge in [0, 0.05) is 10.9 Å². The van der Waals surface area contributed by atoms with Crippen molar-refractivity contribution in [3.05, 3.63) is 35.3 Å². The van der Waals surface area contributed by atoms with Crippen LogP contribution in [0.5, 0.6) is 0 Å². The predicted molar refractivity (Wildman–Crippen MR) is 81.8 cm³/mol. The number of hydrogen-bond donors (Lipinski definition) is 1. The lowest BCUT2D eigenvalue weighted by Crippen LogP contribution is -2.14. The summed E-state index contributed by atoms with van der Waals surface area (Å²) in [6.45, 7) is 4.21. The average molecular weight is 337 g/mol. The first kappa shape index (κ1) is 14.7. The number of halogens is 1. The summed E-state index contributed by atoms with van der Waals surface area (Å²) in [6.07, 6.45) is 4.46. The zero-order valence-corrected chi connectivity index (χ0v) is 13.1. The number of amides is 1. The molecule has 1 amide bonds. The lowest BCUT2D eigenvalue weighted by atomic mass is 10.1. The monoisotopic (exact) mass is 336 g/mol. The van der Waals surface area contributed by atoms with Crippen molar-refractivity contribution < 1.29 is 4.79 Å². The molecule has 0 atom stereocenters. The molecule has 0 fully saturated rings. The quantitative estimate of drug-likeness (QED) is 0.910. The minimum atomic E-state index is 0.0122. The summed E-state index contributed by atoms with van der Waals surface area (Å²) >= 11 is 3.42. The van der Waals surface area contributed by atoms with Crippen LogP contribution in [-0.2, 0) is 4.79 Å². The number of hydrogen-bond acceptors (Lipinski definition) is 3. The highest BCUT2D eigenvalue weighted by molar-refractivity contribution is 9.10. The van der Waals surface area contributed by atoms with E-state index < -0.39 is 0 Å². The second kappa shape index (κ2) is 6.65. The molecule has 1 aromatic carbocycles. The van der Waals surface area contributed by atoms with Gasteiger partial charge >= 0.3 is 0 Å². The first-order chi connectivity index (χ1) is 9.56. The first-order valence-electron chi connectivity index (χ1n) is 6.50. The SMILES string of the molecule is CC(C)CCC(=O)Nc1cc(Br)ccc1-n1cncn1. The summed E-state index contributed by atoms with van der Waals surface area (Å²) in [5, 5.41) is 7.03. The van der Waals surface area contributed by atoms with E-state index >= 15 is 0 Å². The van der Waals surface area contributed by atoms with Gasteiger partial charge in [-0.15, -0.1) is 0 Å². The minimum absolute atomic E-state index is 0.0122. The molecule has 0 unspecified atom stereocenters. The zero-order chi connectivity index (χ0) is 14.5. The van der Waals surface area contributed by atoms with Gasteiger partial charge in [0.2, 0.25) is 5.91 Å². The summed E-state index contributed by atoms with van der Waals surface area (Å²) in [6, 6.07) is 5.65. The second-order valence-electron chi connectivity index (χ2n) is 4.98. The molecule has 5 nitrogen and oxygen atoms in total. The van der Waals surface area contributed by atoms with Gasteiger partial charge in [-0.3, -0.25) is 4.79 Å². The molecule has 0 bridgehead atoms. The Morgan fingerprint density at radius 2 is 2.25 bits per heavy atom. The zero-order valence-electron chi connectivity index (χ0n) is 11.5. The lowest BCUT2D eigenvalue weighted by molar-refractivity contribution is -0.116. The molecule has 0 aliphatic rings. The van der Waals surface area contributed by atoms with E-state index in [0.29, 0.717) is 12.3 Å². The Kier molecular flexibility index (Phi) is 4.89. The summed E-state index contributed by atoms with van der Waals surface area (Å²) in [4.78, 5) is 15.9. The molecule has 20 heavy (non-hydrogen) atoms. The highest BCUT2D eigenvalue weighted by Gasteiger charge is 2.10. The van der Waals surface area contributed by atoms with E-state index in [1.54, 1.807) is 11.0 Å². The standard InChI is InChI=1S/C14H17BrN4O/c1-10(2)3-6-14(20)18-12-7-11(15)4-5-13(12)19-9-16-8-17-19/h4-5,7-10H,3,6H2,1-2H3,(H,18,20). The van der Waals surface area contributed by atoms with Gasteiger partial charge in [-0.05, 0) is 30.5 Å². The fourth-order valence-corrected chi connectivity index (χ4v) is 2.13. The Hall–Kier alpha value is -1.69. The van der Waals surface area contributed by atoms with Gasteiger partial charge in [-0.2, -0.15) is 5.10 Å². The van der Waals surface area contributed by atoms with Crippen LogP contribution in [0.2, 0.25) is 0 Å². The Bertz CT molecular complexity index is 581. The van der Waals surface area contributed by atoms with Crippen LogP contribution in [0.4, 0.5) is 5.69 Å². The van der Waals surface area contributed by atoms with Gasteiger partial charge < -0.3 is 5.32 Å². The van der Waals surface area contributed by atoms with Crippen molar-refractivity contribution in [1.29, 1.82) is 0 Å². The Morgan fingerprint density at radius 1 is 1.45 bits per heavy atom. The number of aromatic nitrogens is 3. The number of nitrogens with zero attached hydrogens (tertiary/aromatic N) is 3. The van der Waals surface area contributed by atoms with Crippen molar-refractivity contribution >= 4 is 27.5 Å². The maximum absolute atomic E-state index is 12.0. The van der Waals surface area contributed by atoms with Crippen molar-refractivity contribution in [1.82, 2.24) is 14.8 Å². The van der Waals surface area contributed by atoms with E-state index in [2.05, 4.69) is 45.2 Å². The molecular formula is C14H17BrN4O. The number of carbonyl (C=O) groups is 1. The van der Waals surface area contributed by atoms with E-state index in [1.165, 1.54) is 6.33 Å². The molecule has 0 saturated heterocycles. The molecule has 2 aromatic rings. The van der Waals surface area contributed by atoms with Crippen LogP contribution < -0.4 is 5.32 Å². The molecule has 1 heterocycles. The highest BCUT2D eigenvalue weighted by Crippen LogP contribution is 2.24. The molecule has 1 N–H and O–H groups in total. The minimum Gasteiger partial charge on any atom is -0.324 e. The summed E-state index contributed by atoms with van der Waals surface area (Å²) in [5.41, 5.74) is 1.52. The van der Waals surface area contributed by atoms with Crippen molar-refractivity contribution in [2.24, 2.45) is 5.92 Å². The van der Waals surface area contributed by atoms with E-state index in [1.807, 2.05) is 18.2 Å². The lowest BCUT2D eigenvalue weighted by Gasteiger charge is -2.12. The fourth-order valence-electron chi connectivity index (χ4n) is 1.77. The molecule has 1 aromatic heterocycles. The fraction of sp³-hybridized carbons (Fsp3) is 0.357. The molecule has 6 heteroatoms. The van der Waals surface area contributed by atoms with Crippen LogP contribution in [0.25, 0.3) is 5.69 Å². The maximum atomic E-state index is 12.0. The highest BCUT2D eigenvalue weighted by atomic mass is 79.9. The predicted octanol–water partition coefficient (Wildman–Crippen LogP) is 3.40. The number of benzene rings is 1. The molecule has 0 spiro atoms. The number of nitrogens with one attached hydrogen (secondary N) is 1. The summed E-state index contributed by atoms with van der Waals surface area (Å²) in [5.74, 6) is 0.524. The molecule has 2 rings (SSSR count). The number of rotatable bonds is 5. The van der Waals surface area contributed by atoms with Crippen LogP contribution in [0.15, 0.2) is 35.3 Å². The van der Waals surface area contributed by atoms with Crippen molar-refractivity contribution in [2.75, 3.05) is 5.32 Å². The van der Waals surface area contributed by atoms with Crippen LogP contribution in [0, 0.1) is 5.92 Å².